The summed E-state index contributed by atoms with van der Waals surface area (Å²) in [5.41, 5.74) is 0. The fourth-order valence-electron chi connectivity index (χ4n) is 7.07. The number of hydrogen-bond donors (Lipinski definition) is 0. The first-order valence-corrected chi connectivity index (χ1v) is 23.8. The lowest BCUT2D eigenvalue weighted by Gasteiger charge is -2.18. The van der Waals surface area contributed by atoms with Gasteiger partial charge in [0.25, 0.3) is 0 Å². The fraction of sp³-hybridized carbons (Fsp3) is 0.938. The Morgan fingerprint density at radius 2 is 0.704 bits per heavy atom. The molecule has 1 unspecified atom stereocenters. The van der Waals surface area contributed by atoms with E-state index >= 15 is 0 Å². The number of carbonyl (C=O) groups is 3. The van der Waals surface area contributed by atoms with Crippen LogP contribution in [0, 0.1) is 11.8 Å². The van der Waals surface area contributed by atoms with Crippen LogP contribution in [0.2, 0.25) is 0 Å². The zero-order valence-electron chi connectivity index (χ0n) is 36.8. The summed E-state index contributed by atoms with van der Waals surface area (Å²) in [5.74, 6) is 0.792. The fourth-order valence-corrected chi connectivity index (χ4v) is 7.07. The topological polar surface area (TPSA) is 78.9 Å². The molecule has 0 aromatic rings. The standard InChI is InChI=1S/C48H92O6/c1-6-8-9-10-11-12-13-14-18-23-28-33-38-46(49)52-41-45(42-53-47(50)39-34-29-25-20-21-26-31-36-43(3)4)54-48(51)40-35-30-24-19-16-15-17-22-27-32-37-44(5)7-2/h43-45H,6-42H2,1-5H3/t44?,45-/m0/s1. The largest absolute Gasteiger partial charge is 0.462 e. The summed E-state index contributed by atoms with van der Waals surface area (Å²) in [7, 11) is 0. The zero-order valence-corrected chi connectivity index (χ0v) is 36.8. The van der Waals surface area contributed by atoms with Crippen LogP contribution in [-0.4, -0.2) is 37.2 Å². The Morgan fingerprint density at radius 1 is 0.389 bits per heavy atom. The molecule has 54 heavy (non-hydrogen) atoms. The summed E-state index contributed by atoms with van der Waals surface area (Å²) in [6.45, 7) is 11.3. The highest BCUT2D eigenvalue weighted by molar-refractivity contribution is 5.71. The Kier molecular flexibility index (Phi) is 39.8. The molecule has 0 heterocycles. The number of ether oxygens (including phenoxy) is 3. The van der Waals surface area contributed by atoms with Gasteiger partial charge in [0, 0.05) is 19.3 Å². The van der Waals surface area contributed by atoms with Crippen molar-refractivity contribution in [1.82, 2.24) is 0 Å². The lowest BCUT2D eigenvalue weighted by Crippen LogP contribution is -2.30. The molecule has 0 aliphatic rings. The van der Waals surface area contributed by atoms with Gasteiger partial charge in [-0.2, -0.15) is 0 Å². The van der Waals surface area contributed by atoms with Crippen LogP contribution < -0.4 is 0 Å². The second-order valence-electron chi connectivity index (χ2n) is 17.1. The van der Waals surface area contributed by atoms with Gasteiger partial charge in [-0.25, -0.2) is 0 Å². The van der Waals surface area contributed by atoms with Crippen LogP contribution in [0.3, 0.4) is 0 Å². The van der Waals surface area contributed by atoms with Crippen LogP contribution in [0.15, 0.2) is 0 Å². The van der Waals surface area contributed by atoms with Crippen molar-refractivity contribution >= 4 is 17.9 Å². The number of carbonyl (C=O) groups excluding carboxylic acids is 3. The van der Waals surface area contributed by atoms with Crippen LogP contribution in [0.1, 0.15) is 259 Å². The van der Waals surface area contributed by atoms with E-state index in [-0.39, 0.29) is 31.1 Å². The summed E-state index contributed by atoms with van der Waals surface area (Å²) < 4.78 is 16.7. The minimum absolute atomic E-state index is 0.0649. The molecule has 0 aromatic carbocycles. The van der Waals surface area contributed by atoms with E-state index in [2.05, 4.69) is 34.6 Å². The molecule has 0 spiro atoms. The summed E-state index contributed by atoms with van der Waals surface area (Å²) in [6.07, 6.45) is 39.4. The number of unbranched alkanes of at least 4 members (excludes halogenated alkanes) is 26. The summed E-state index contributed by atoms with van der Waals surface area (Å²) >= 11 is 0. The first kappa shape index (κ1) is 52.4. The molecular formula is C48H92O6. The van der Waals surface area contributed by atoms with Gasteiger partial charge in [-0.1, -0.05) is 221 Å². The summed E-state index contributed by atoms with van der Waals surface area (Å²) in [6, 6.07) is 0. The van der Waals surface area contributed by atoms with Gasteiger partial charge in [0.2, 0.25) is 0 Å². The molecule has 2 atom stereocenters. The van der Waals surface area contributed by atoms with Crippen molar-refractivity contribution < 1.29 is 28.6 Å². The molecule has 0 N–H and O–H groups in total. The number of hydrogen-bond acceptors (Lipinski definition) is 6. The zero-order chi connectivity index (χ0) is 39.7. The third-order valence-electron chi connectivity index (χ3n) is 11.1. The van der Waals surface area contributed by atoms with Crippen LogP contribution in [0.4, 0.5) is 0 Å². The molecule has 0 aliphatic carbocycles. The second kappa shape index (κ2) is 41.1. The Hall–Kier alpha value is -1.59. The Bertz CT molecular complexity index is 826. The van der Waals surface area contributed by atoms with Gasteiger partial charge in [0.15, 0.2) is 6.10 Å². The SMILES string of the molecule is CCCCCCCCCCCCCCC(=O)OC[C@@H](COC(=O)CCCCCCCCCC(C)C)OC(=O)CCCCCCCCCCCCC(C)CC. The maximum Gasteiger partial charge on any atom is 0.306 e. The molecule has 0 bridgehead atoms. The van der Waals surface area contributed by atoms with Crippen molar-refractivity contribution in [2.45, 2.75) is 265 Å². The van der Waals surface area contributed by atoms with Crippen LogP contribution in [0.5, 0.6) is 0 Å². The predicted molar refractivity (Wildman–Crippen MR) is 229 cm³/mol. The lowest BCUT2D eigenvalue weighted by atomic mass is 9.99. The van der Waals surface area contributed by atoms with E-state index in [1.54, 1.807) is 0 Å². The monoisotopic (exact) mass is 765 g/mol. The van der Waals surface area contributed by atoms with Crippen molar-refractivity contribution in [2.24, 2.45) is 11.8 Å². The number of rotatable bonds is 42. The molecule has 0 aliphatic heterocycles. The van der Waals surface area contributed by atoms with Crippen LogP contribution in [0.25, 0.3) is 0 Å². The Balaban J connectivity index is 4.34. The normalized spacial score (nSPS) is 12.6. The van der Waals surface area contributed by atoms with E-state index in [0.29, 0.717) is 19.3 Å². The minimum Gasteiger partial charge on any atom is -0.462 e. The van der Waals surface area contributed by atoms with Crippen LogP contribution >= 0.6 is 0 Å². The maximum atomic E-state index is 12.7. The van der Waals surface area contributed by atoms with Crippen molar-refractivity contribution in [3.8, 4) is 0 Å². The van der Waals surface area contributed by atoms with Gasteiger partial charge >= 0.3 is 17.9 Å². The summed E-state index contributed by atoms with van der Waals surface area (Å²) in [5, 5.41) is 0. The van der Waals surface area contributed by atoms with Gasteiger partial charge < -0.3 is 14.2 Å². The third kappa shape index (κ3) is 40.1. The van der Waals surface area contributed by atoms with Crippen molar-refractivity contribution in [3.63, 3.8) is 0 Å². The van der Waals surface area contributed by atoms with Gasteiger partial charge in [-0.15, -0.1) is 0 Å². The van der Waals surface area contributed by atoms with Gasteiger partial charge in [0.05, 0.1) is 0 Å². The van der Waals surface area contributed by atoms with E-state index in [4.69, 9.17) is 14.2 Å². The van der Waals surface area contributed by atoms with E-state index in [9.17, 15) is 14.4 Å². The van der Waals surface area contributed by atoms with Gasteiger partial charge in [-0.05, 0) is 31.1 Å². The molecule has 320 valence electrons. The second-order valence-corrected chi connectivity index (χ2v) is 17.1. The average molecular weight is 765 g/mol. The molecule has 0 saturated heterocycles. The molecule has 0 aromatic heterocycles. The van der Waals surface area contributed by atoms with Gasteiger partial charge in [-0.3, -0.25) is 14.4 Å². The van der Waals surface area contributed by atoms with Crippen molar-refractivity contribution in [1.29, 1.82) is 0 Å². The molecule has 0 rings (SSSR count). The van der Waals surface area contributed by atoms with Crippen LogP contribution in [-0.2, 0) is 28.6 Å². The molecule has 6 heteroatoms. The quantitative estimate of drug-likeness (QED) is 0.0350. The molecule has 6 nitrogen and oxygen atoms in total. The molecular weight excluding hydrogens is 673 g/mol. The first-order chi connectivity index (χ1) is 26.3. The lowest BCUT2D eigenvalue weighted by molar-refractivity contribution is -0.167. The van der Waals surface area contributed by atoms with E-state index in [1.165, 1.54) is 148 Å². The average Bonchev–Trinajstić information content (AvgIpc) is 3.15. The molecule has 0 saturated carbocycles. The molecule has 0 amide bonds. The minimum atomic E-state index is -0.761. The Labute approximate surface area is 336 Å². The number of esters is 3. The summed E-state index contributed by atoms with van der Waals surface area (Å²) in [4.78, 5) is 37.7. The highest BCUT2D eigenvalue weighted by Crippen LogP contribution is 2.17. The van der Waals surface area contributed by atoms with E-state index in [1.807, 2.05) is 0 Å². The van der Waals surface area contributed by atoms with Crippen molar-refractivity contribution in [3.05, 3.63) is 0 Å². The van der Waals surface area contributed by atoms with Crippen molar-refractivity contribution in [2.75, 3.05) is 13.2 Å². The van der Waals surface area contributed by atoms with E-state index in [0.717, 1.165) is 69.6 Å². The third-order valence-corrected chi connectivity index (χ3v) is 11.1. The smallest absolute Gasteiger partial charge is 0.306 e. The van der Waals surface area contributed by atoms with Gasteiger partial charge in [0.1, 0.15) is 13.2 Å². The van der Waals surface area contributed by atoms with E-state index < -0.39 is 6.10 Å². The first-order valence-electron chi connectivity index (χ1n) is 23.8. The predicted octanol–water partition coefficient (Wildman–Crippen LogP) is 15.0. The highest BCUT2D eigenvalue weighted by atomic mass is 16.6. The molecule has 0 fully saturated rings. The highest BCUT2D eigenvalue weighted by Gasteiger charge is 2.19. The Morgan fingerprint density at radius 3 is 1.06 bits per heavy atom. The molecule has 0 radical (unpaired) electrons. The maximum absolute atomic E-state index is 12.7.